The molecule has 0 radical (unpaired) electrons. The lowest BCUT2D eigenvalue weighted by Crippen LogP contribution is -2.37. The summed E-state index contributed by atoms with van der Waals surface area (Å²) in [5.41, 5.74) is 3.24. The second-order valence-corrected chi connectivity index (χ2v) is 5.18. The summed E-state index contributed by atoms with van der Waals surface area (Å²) >= 11 is 0. The standard InChI is InChI=1S/C13H19N/c1-13(2,3)14-12-9-8-10-6-4-5-7-11(10)12/h4-7,12,14H,8-9H2,1-3H3. The summed E-state index contributed by atoms with van der Waals surface area (Å²) in [6.07, 6.45) is 2.47. The predicted octanol–water partition coefficient (Wildman–Crippen LogP) is 3.06. The zero-order valence-electron chi connectivity index (χ0n) is 9.30. The summed E-state index contributed by atoms with van der Waals surface area (Å²) < 4.78 is 0. The molecule has 1 atom stereocenters. The molecule has 0 spiro atoms. The van der Waals surface area contributed by atoms with Crippen molar-refractivity contribution < 1.29 is 0 Å². The van der Waals surface area contributed by atoms with Crippen molar-refractivity contribution in [1.82, 2.24) is 5.32 Å². The first-order valence-corrected chi connectivity index (χ1v) is 5.42. The number of aryl methyl sites for hydroxylation is 1. The number of hydrogen-bond donors (Lipinski definition) is 1. The Hall–Kier alpha value is -0.820. The van der Waals surface area contributed by atoms with Crippen LogP contribution in [0, 0.1) is 0 Å². The molecule has 1 aromatic carbocycles. The van der Waals surface area contributed by atoms with Crippen LogP contribution in [0.25, 0.3) is 0 Å². The largest absolute Gasteiger partial charge is 0.305 e. The minimum absolute atomic E-state index is 0.210. The molecule has 76 valence electrons. The maximum absolute atomic E-state index is 3.67. The molecule has 1 aromatic rings. The first-order chi connectivity index (χ1) is 6.56. The molecule has 1 N–H and O–H groups in total. The van der Waals surface area contributed by atoms with Crippen LogP contribution in [0.5, 0.6) is 0 Å². The third-order valence-electron chi connectivity index (χ3n) is 2.74. The van der Waals surface area contributed by atoms with Crippen LogP contribution >= 0.6 is 0 Å². The van der Waals surface area contributed by atoms with Gasteiger partial charge in [0.25, 0.3) is 0 Å². The third-order valence-corrected chi connectivity index (χ3v) is 2.74. The Bertz CT molecular complexity index is 322. The zero-order valence-corrected chi connectivity index (χ0v) is 9.30. The van der Waals surface area contributed by atoms with Gasteiger partial charge in [-0.1, -0.05) is 24.3 Å². The average Bonchev–Trinajstić information content (AvgIpc) is 2.47. The van der Waals surface area contributed by atoms with E-state index in [2.05, 4.69) is 50.4 Å². The second kappa shape index (κ2) is 3.39. The Kier molecular flexibility index (Phi) is 2.36. The van der Waals surface area contributed by atoms with Crippen molar-refractivity contribution in [2.45, 2.75) is 45.2 Å². The van der Waals surface area contributed by atoms with Crippen molar-refractivity contribution >= 4 is 0 Å². The van der Waals surface area contributed by atoms with Crippen LogP contribution in [0.3, 0.4) is 0 Å². The number of benzene rings is 1. The molecule has 1 nitrogen and oxygen atoms in total. The third kappa shape index (κ3) is 1.98. The molecule has 0 saturated heterocycles. The maximum atomic E-state index is 3.67. The van der Waals surface area contributed by atoms with Gasteiger partial charge < -0.3 is 5.32 Å². The molecule has 1 aliphatic carbocycles. The SMILES string of the molecule is CC(C)(C)NC1CCc2ccccc21. The van der Waals surface area contributed by atoms with Gasteiger partial charge in [0.15, 0.2) is 0 Å². The van der Waals surface area contributed by atoms with E-state index in [1.54, 1.807) is 0 Å². The molecule has 1 heteroatoms. The average molecular weight is 189 g/mol. The Balaban J connectivity index is 2.18. The highest BCUT2D eigenvalue weighted by Crippen LogP contribution is 2.31. The van der Waals surface area contributed by atoms with E-state index in [1.807, 2.05) is 0 Å². The van der Waals surface area contributed by atoms with Gasteiger partial charge in [0.05, 0.1) is 0 Å². The van der Waals surface area contributed by atoms with Gasteiger partial charge in [-0.25, -0.2) is 0 Å². The minimum Gasteiger partial charge on any atom is -0.305 e. The first-order valence-electron chi connectivity index (χ1n) is 5.42. The van der Waals surface area contributed by atoms with Gasteiger partial charge in [0, 0.05) is 11.6 Å². The molecule has 0 heterocycles. The van der Waals surface area contributed by atoms with E-state index in [0.29, 0.717) is 6.04 Å². The minimum atomic E-state index is 0.210. The van der Waals surface area contributed by atoms with Crippen molar-refractivity contribution in [1.29, 1.82) is 0 Å². The second-order valence-electron chi connectivity index (χ2n) is 5.18. The van der Waals surface area contributed by atoms with Gasteiger partial charge in [-0.15, -0.1) is 0 Å². The molecule has 1 unspecified atom stereocenters. The predicted molar refractivity (Wildman–Crippen MR) is 60.4 cm³/mol. The summed E-state index contributed by atoms with van der Waals surface area (Å²) in [7, 11) is 0. The fourth-order valence-electron chi connectivity index (χ4n) is 2.23. The molecular formula is C13H19N. The quantitative estimate of drug-likeness (QED) is 0.716. The Labute approximate surface area is 86.5 Å². The molecule has 1 aliphatic rings. The van der Waals surface area contributed by atoms with Crippen LogP contribution in [0.1, 0.15) is 44.4 Å². The molecular weight excluding hydrogens is 170 g/mol. The summed E-state index contributed by atoms with van der Waals surface area (Å²) in [4.78, 5) is 0. The van der Waals surface area contributed by atoms with Gasteiger partial charge in [-0.05, 0) is 44.7 Å². The highest BCUT2D eigenvalue weighted by atomic mass is 15.0. The number of fused-ring (bicyclic) bond motifs is 1. The topological polar surface area (TPSA) is 12.0 Å². The fraction of sp³-hybridized carbons (Fsp3) is 0.538. The van der Waals surface area contributed by atoms with Crippen LogP contribution in [-0.4, -0.2) is 5.54 Å². The van der Waals surface area contributed by atoms with Crippen molar-refractivity contribution in [2.24, 2.45) is 0 Å². The molecule has 0 aliphatic heterocycles. The van der Waals surface area contributed by atoms with Crippen molar-refractivity contribution in [3.8, 4) is 0 Å². The molecule has 0 bridgehead atoms. The van der Waals surface area contributed by atoms with Crippen LogP contribution in [0.4, 0.5) is 0 Å². The van der Waals surface area contributed by atoms with Crippen molar-refractivity contribution in [3.05, 3.63) is 35.4 Å². The Morgan fingerprint density at radius 2 is 1.93 bits per heavy atom. The summed E-state index contributed by atoms with van der Waals surface area (Å²) in [6, 6.07) is 9.34. The van der Waals surface area contributed by atoms with Gasteiger partial charge in [0.1, 0.15) is 0 Å². The van der Waals surface area contributed by atoms with E-state index >= 15 is 0 Å². The summed E-state index contributed by atoms with van der Waals surface area (Å²) in [6.45, 7) is 6.69. The van der Waals surface area contributed by atoms with E-state index in [4.69, 9.17) is 0 Å². The molecule has 2 rings (SSSR count). The van der Waals surface area contributed by atoms with Gasteiger partial charge >= 0.3 is 0 Å². The van der Waals surface area contributed by atoms with E-state index < -0.39 is 0 Å². The zero-order chi connectivity index (χ0) is 10.2. The highest BCUT2D eigenvalue weighted by Gasteiger charge is 2.25. The number of nitrogens with one attached hydrogen (secondary N) is 1. The number of hydrogen-bond acceptors (Lipinski definition) is 1. The molecule has 0 fully saturated rings. The normalized spacial score (nSPS) is 20.9. The van der Waals surface area contributed by atoms with Gasteiger partial charge in [-0.2, -0.15) is 0 Å². The summed E-state index contributed by atoms with van der Waals surface area (Å²) in [5, 5.41) is 3.67. The lowest BCUT2D eigenvalue weighted by Gasteiger charge is -2.26. The number of rotatable bonds is 1. The van der Waals surface area contributed by atoms with Crippen molar-refractivity contribution in [3.63, 3.8) is 0 Å². The van der Waals surface area contributed by atoms with Crippen LogP contribution in [0.15, 0.2) is 24.3 Å². The lowest BCUT2D eigenvalue weighted by atomic mass is 10.0. The first kappa shape index (κ1) is 9.72. The summed E-state index contributed by atoms with van der Waals surface area (Å²) in [5.74, 6) is 0. The Morgan fingerprint density at radius 1 is 1.21 bits per heavy atom. The lowest BCUT2D eigenvalue weighted by molar-refractivity contribution is 0.362. The van der Waals surface area contributed by atoms with E-state index in [1.165, 1.54) is 24.0 Å². The monoisotopic (exact) mass is 189 g/mol. The molecule has 0 amide bonds. The van der Waals surface area contributed by atoms with E-state index in [-0.39, 0.29) is 5.54 Å². The van der Waals surface area contributed by atoms with Crippen LogP contribution < -0.4 is 5.32 Å². The van der Waals surface area contributed by atoms with Crippen LogP contribution in [-0.2, 0) is 6.42 Å². The Morgan fingerprint density at radius 3 is 2.64 bits per heavy atom. The van der Waals surface area contributed by atoms with Gasteiger partial charge in [0.2, 0.25) is 0 Å². The molecule has 0 aromatic heterocycles. The van der Waals surface area contributed by atoms with Crippen LogP contribution in [0.2, 0.25) is 0 Å². The molecule has 0 saturated carbocycles. The van der Waals surface area contributed by atoms with Gasteiger partial charge in [-0.3, -0.25) is 0 Å². The highest BCUT2D eigenvalue weighted by molar-refractivity contribution is 5.34. The smallest absolute Gasteiger partial charge is 0.0330 e. The molecule has 14 heavy (non-hydrogen) atoms. The van der Waals surface area contributed by atoms with Crippen molar-refractivity contribution in [2.75, 3.05) is 0 Å². The fourth-order valence-corrected chi connectivity index (χ4v) is 2.23. The van der Waals surface area contributed by atoms with E-state index in [0.717, 1.165) is 0 Å². The maximum Gasteiger partial charge on any atom is 0.0330 e. The van der Waals surface area contributed by atoms with E-state index in [9.17, 15) is 0 Å².